The molecule has 138 valence electrons. The van der Waals surface area contributed by atoms with Crippen LogP contribution in [0.2, 0.25) is 0 Å². The topological polar surface area (TPSA) is 83.9 Å². The van der Waals surface area contributed by atoms with Crippen molar-refractivity contribution in [1.82, 2.24) is 9.55 Å². The molecule has 1 aliphatic heterocycles. The second kappa shape index (κ2) is 5.82. The van der Waals surface area contributed by atoms with Crippen molar-refractivity contribution in [3.8, 4) is 12.1 Å². The van der Waals surface area contributed by atoms with Crippen molar-refractivity contribution in [3.05, 3.63) is 24.7 Å². The molecular weight excluding hydrogens is 339 g/mol. The monoisotopic (exact) mass is 362 g/mol. The van der Waals surface area contributed by atoms with E-state index in [2.05, 4.69) is 21.7 Å². The summed E-state index contributed by atoms with van der Waals surface area (Å²) in [5.41, 5.74) is 0.717. The Morgan fingerprint density at radius 2 is 1.89 bits per heavy atom. The van der Waals surface area contributed by atoms with Gasteiger partial charge in [0.05, 0.1) is 46.7 Å². The van der Waals surface area contributed by atoms with Gasteiger partial charge >= 0.3 is 7.12 Å². The van der Waals surface area contributed by atoms with Gasteiger partial charge in [0, 0.05) is 29.4 Å². The van der Waals surface area contributed by atoms with E-state index in [0.29, 0.717) is 19.3 Å². The molecule has 27 heavy (non-hydrogen) atoms. The van der Waals surface area contributed by atoms with E-state index < -0.39 is 18.3 Å². The van der Waals surface area contributed by atoms with Crippen molar-refractivity contribution < 1.29 is 9.31 Å². The average molecular weight is 362 g/mol. The van der Waals surface area contributed by atoms with E-state index >= 15 is 0 Å². The summed E-state index contributed by atoms with van der Waals surface area (Å²) in [7, 11) is -0.492. The third-order valence-corrected chi connectivity index (χ3v) is 6.50. The van der Waals surface area contributed by atoms with Gasteiger partial charge in [0.1, 0.15) is 0 Å². The zero-order chi connectivity index (χ0) is 19.4. The smallest absolute Gasteiger partial charge is 0.399 e. The van der Waals surface area contributed by atoms with Gasteiger partial charge in [-0.15, -0.1) is 0 Å². The van der Waals surface area contributed by atoms with Crippen LogP contribution in [-0.2, 0) is 14.8 Å². The second-order valence-corrected chi connectivity index (χ2v) is 8.73. The van der Waals surface area contributed by atoms with Crippen LogP contribution in [0.1, 0.15) is 47.0 Å². The van der Waals surface area contributed by atoms with Gasteiger partial charge in [-0.1, -0.05) is 0 Å². The summed E-state index contributed by atoms with van der Waals surface area (Å²) >= 11 is 0. The lowest BCUT2D eigenvalue weighted by Gasteiger charge is -2.45. The van der Waals surface area contributed by atoms with Gasteiger partial charge in [0.2, 0.25) is 0 Å². The molecule has 2 aliphatic rings. The highest BCUT2D eigenvalue weighted by molar-refractivity contribution is 6.65. The summed E-state index contributed by atoms with van der Waals surface area (Å²) < 4.78 is 14.7. The fourth-order valence-electron chi connectivity index (χ4n) is 4.17. The second-order valence-electron chi connectivity index (χ2n) is 8.73. The third-order valence-electron chi connectivity index (χ3n) is 6.50. The van der Waals surface area contributed by atoms with E-state index in [1.165, 1.54) is 0 Å². The number of hydrogen-bond donors (Lipinski definition) is 0. The Kier molecular flexibility index (Phi) is 3.89. The molecule has 0 N–H and O–H groups in total. The first-order valence-electron chi connectivity index (χ1n) is 9.31. The maximum absolute atomic E-state index is 9.41. The Labute approximate surface area is 159 Å². The Bertz CT molecular complexity index is 960. The molecule has 4 rings (SSSR count). The SMILES string of the molecule is CC1(C)OB(c2cn([C@]3(CC#N)C[C@@H](C#N)C3)c3ccncc23)OC1(C)C. The number of nitrogens with zero attached hydrogens (tertiary/aromatic N) is 4. The quantitative estimate of drug-likeness (QED) is 0.784. The highest BCUT2D eigenvalue weighted by Gasteiger charge is 2.53. The molecule has 0 bridgehead atoms. The van der Waals surface area contributed by atoms with Crippen LogP contribution in [0.15, 0.2) is 24.7 Å². The Morgan fingerprint density at radius 1 is 1.22 bits per heavy atom. The van der Waals surface area contributed by atoms with Crippen LogP contribution in [0.5, 0.6) is 0 Å². The first-order chi connectivity index (χ1) is 12.7. The number of rotatable bonds is 3. The van der Waals surface area contributed by atoms with Gasteiger partial charge in [-0.2, -0.15) is 10.5 Å². The van der Waals surface area contributed by atoms with E-state index in [9.17, 15) is 10.5 Å². The van der Waals surface area contributed by atoms with Gasteiger partial charge in [0.15, 0.2) is 0 Å². The molecular formula is C20H23BN4O2. The minimum Gasteiger partial charge on any atom is -0.399 e. The van der Waals surface area contributed by atoms with Crippen LogP contribution in [-0.4, -0.2) is 27.9 Å². The van der Waals surface area contributed by atoms with E-state index in [1.807, 2.05) is 46.2 Å². The first-order valence-corrected chi connectivity index (χ1v) is 9.31. The zero-order valence-electron chi connectivity index (χ0n) is 16.2. The number of aromatic nitrogens is 2. The largest absolute Gasteiger partial charge is 0.497 e. The predicted octanol–water partition coefficient (Wildman–Crippen LogP) is 2.88. The van der Waals surface area contributed by atoms with Gasteiger partial charge in [-0.3, -0.25) is 4.98 Å². The van der Waals surface area contributed by atoms with Crippen molar-refractivity contribution in [2.45, 2.75) is 63.7 Å². The normalized spacial score (nSPS) is 28.5. The molecule has 0 radical (unpaired) electrons. The first kappa shape index (κ1) is 18.0. The van der Waals surface area contributed by atoms with Crippen LogP contribution in [0.3, 0.4) is 0 Å². The summed E-state index contributed by atoms with van der Waals surface area (Å²) in [4.78, 5) is 4.29. The molecule has 0 atom stereocenters. The lowest BCUT2D eigenvalue weighted by molar-refractivity contribution is 0.00578. The van der Waals surface area contributed by atoms with Crippen molar-refractivity contribution in [3.63, 3.8) is 0 Å². The lowest BCUT2D eigenvalue weighted by Crippen LogP contribution is -2.45. The molecule has 0 amide bonds. The Hall–Kier alpha value is -2.35. The van der Waals surface area contributed by atoms with Crippen molar-refractivity contribution >= 4 is 23.5 Å². The maximum atomic E-state index is 9.41. The minimum atomic E-state index is -0.492. The summed E-state index contributed by atoms with van der Waals surface area (Å²) in [5, 5.41) is 19.6. The Morgan fingerprint density at radius 3 is 2.48 bits per heavy atom. The van der Waals surface area contributed by atoms with E-state index in [1.54, 1.807) is 6.20 Å². The van der Waals surface area contributed by atoms with Gasteiger partial charge < -0.3 is 13.9 Å². The van der Waals surface area contributed by atoms with Crippen LogP contribution < -0.4 is 5.46 Å². The molecule has 0 aromatic carbocycles. The molecule has 2 aromatic heterocycles. The molecule has 1 aliphatic carbocycles. The summed E-state index contributed by atoms with van der Waals surface area (Å²) in [6.07, 6.45) is 7.37. The standard InChI is InChI=1S/C20H23BN4O2/c1-18(2)19(3,4)27-21(26-18)16-13-25(17-5-8-24-12-15(16)17)20(6-7-22)9-14(10-20)11-23/h5,8,12-14H,6,9-10H2,1-4H3/t14-,20-. The molecule has 2 aromatic rings. The predicted molar refractivity (Wildman–Crippen MR) is 102 cm³/mol. The fourth-order valence-corrected chi connectivity index (χ4v) is 4.17. The van der Waals surface area contributed by atoms with Gasteiger partial charge in [-0.05, 0) is 46.6 Å². The van der Waals surface area contributed by atoms with Gasteiger partial charge in [0.25, 0.3) is 0 Å². The third kappa shape index (κ3) is 2.57. The van der Waals surface area contributed by atoms with Crippen molar-refractivity contribution in [2.24, 2.45) is 5.92 Å². The average Bonchev–Trinajstić information content (AvgIpc) is 3.06. The highest BCUT2D eigenvalue weighted by Crippen LogP contribution is 2.47. The zero-order valence-corrected chi connectivity index (χ0v) is 16.2. The van der Waals surface area contributed by atoms with E-state index in [0.717, 1.165) is 16.4 Å². The molecule has 1 saturated carbocycles. The summed E-state index contributed by atoms with van der Waals surface area (Å²) in [6, 6.07) is 6.61. The van der Waals surface area contributed by atoms with Crippen molar-refractivity contribution in [2.75, 3.05) is 0 Å². The van der Waals surface area contributed by atoms with Crippen LogP contribution in [0.4, 0.5) is 0 Å². The van der Waals surface area contributed by atoms with Crippen LogP contribution in [0.25, 0.3) is 10.9 Å². The number of fused-ring (bicyclic) bond motifs is 1. The van der Waals surface area contributed by atoms with Gasteiger partial charge in [-0.25, -0.2) is 0 Å². The lowest BCUT2D eigenvalue weighted by atomic mass is 9.67. The number of hydrogen-bond acceptors (Lipinski definition) is 5. The molecule has 7 heteroatoms. The van der Waals surface area contributed by atoms with Crippen LogP contribution in [0, 0.1) is 28.6 Å². The molecule has 2 fully saturated rings. The van der Waals surface area contributed by atoms with E-state index in [4.69, 9.17) is 9.31 Å². The summed E-state index contributed by atoms with van der Waals surface area (Å²) in [5.74, 6) is -0.00191. The number of nitriles is 2. The maximum Gasteiger partial charge on any atom is 0.497 e. The summed E-state index contributed by atoms with van der Waals surface area (Å²) in [6.45, 7) is 8.13. The molecule has 3 heterocycles. The van der Waals surface area contributed by atoms with Crippen LogP contribution >= 0.6 is 0 Å². The van der Waals surface area contributed by atoms with E-state index in [-0.39, 0.29) is 11.5 Å². The highest BCUT2D eigenvalue weighted by atomic mass is 16.7. The molecule has 6 nitrogen and oxygen atoms in total. The van der Waals surface area contributed by atoms with Crippen molar-refractivity contribution in [1.29, 1.82) is 10.5 Å². The number of pyridine rings is 1. The molecule has 0 spiro atoms. The fraction of sp³-hybridized carbons (Fsp3) is 0.550. The Balaban J connectivity index is 1.82. The molecule has 0 unspecified atom stereocenters. The minimum absolute atomic E-state index is 0.00191. The molecule has 1 saturated heterocycles.